The van der Waals surface area contributed by atoms with E-state index in [-0.39, 0.29) is 0 Å². The minimum Gasteiger partial charge on any atom is -0.384 e. The number of benzene rings is 1. The van der Waals surface area contributed by atoms with Crippen LogP contribution in [0.3, 0.4) is 0 Å². The predicted octanol–water partition coefficient (Wildman–Crippen LogP) is 4.10. The van der Waals surface area contributed by atoms with E-state index in [2.05, 4.69) is 40.0 Å². The van der Waals surface area contributed by atoms with Crippen molar-refractivity contribution < 1.29 is 0 Å². The predicted molar refractivity (Wildman–Crippen MR) is 84.0 cm³/mol. The van der Waals surface area contributed by atoms with Gasteiger partial charge in [0.25, 0.3) is 0 Å². The van der Waals surface area contributed by atoms with Gasteiger partial charge >= 0.3 is 0 Å². The van der Waals surface area contributed by atoms with Crippen LogP contribution in [0, 0.1) is 0 Å². The highest BCUT2D eigenvalue weighted by Gasteiger charge is 2.16. The van der Waals surface area contributed by atoms with Gasteiger partial charge in [-0.2, -0.15) is 0 Å². The number of rotatable bonds is 6. The molecular formula is C17H23N3. The van der Waals surface area contributed by atoms with Gasteiger partial charge in [-0.15, -0.1) is 0 Å². The summed E-state index contributed by atoms with van der Waals surface area (Å²) in [6, 6.07) is 6.59. The third-order valence-electron chi connectivity index (χ3n) is 4.09. The first-order valence-corrected chi connectivity index (χ1v) is 7.76. The van der Waals surface area contributed by atoms with E-state index in [0.717, 1.165) is 19.5 Å². The summed E-state index contributed by atoms with van der Waals surface area (Å²) < 4.78 is 2.30. The highest BCUT2D eigenvalue weighted by atomic mass is 15.0. The monoisotopic (exact) mass is 269 g/mol. The van der Waals surface area contributed by atoms with E-state index < -0.39 is 0 Å². The van der Waals surface area contributed by atoms with Crippen LogP contribution >= 0.6 is 0 Å². The van der Waals surface area contributed by atoms with E-state index in [1.54, 1.807) is 0 Å². The molecule has 0 unspecified atom stereocenters. The van der Waals surface area contributed by atoms with Crippen molar-refractivity contribution in [1.82, 2.24) is 9.55 Å². The summed E-state index contributed by atoms with van der Waals surface area (Å²) in [6.45, 7) is 4.37. The molecular weight excluding hydrogens is 246 g/mol. The molecule has 3 rings (SSSR count). The number of nitrogens with zero attached hydrogens (tertiary/aromatic N) is 2. The van der Waals surface area contributed by atoms with Crippen LogP contribution in [-0.2, 0) is 13.0 Å². The van der Waals surface area contributed by atoms with Gasteiger partial charge in [-0.3, -0.25) is 0 Å². The highest BCUT2D eigenvalue weighted by molar-refractivity contribution is 5.79. The Labute approximate surface area is 121 Å². The Balaban J connectivity index is 1.81. The van der Waals surface area contributed by atoms with Crippen LogP contribution < -0.4 is 5.32 Å². The first kappa shape index (κ1) is 13.2. The Bertz CT molecular complexity index is 571. The second-order valence-electron chi connectivity index (χ2n) is 5.55. The van der Waals surface area contributed by atoms with Crippen molar-refractivity contribution in [1.29, 1.82) is 0 Å². The van der Waals surface area contributed by atoms with E-state index in [4.69, 9.17) is 0 Å². The lowest BCUT2D eigenvalue weighted by Gasteiger charge is -2.12. The summed E-state index contributed by atoms with van der Waals surface area (Å²) in [4.78, 5) is 4.36. The molecule has 0 amide bonds. The molecule has 0 saturated carbocycles. The molecule has 1 N–H and O–H groups in total. The Morgan fingerprint density at radius 1 is 1.25 bits per heavy atom. The fourth-order valence-corrected chi connectivity index (χ4v) is 2.98. The largest absolute Gasteiger partial charge is 0.384 e. The molecule has 0 bridgehead atoms. The normalized spacial score (nSPS) is 13.2. The van der Waals surface area contributed by atoms with E-state index in [1.807, 2.05) is 12.5 Å². The van der Waals surface area contributed by atoms with Crippen LogP contribution in [0.25, 0.3) is 11.3 Å². The number of aromatic nitrogens is 2. The van der Waals surface area contributed by atoms with Crippen LogP contribution in [0.1, 0.15) is 38.2 Å². The standard InChI is InChI=1S/C17H23N3/c1-2-3-4-5-11-20-13-18-12-16(20)15-8-6-7-14-9-10-19-17(14)15/h6-8,12-13,19H,2-5,9-11H2,1H3. The Morgan fingerprint density at radius 2 is 2.20 bits per heavy atom. The molecule has 0 aliphatic carbocycles. The first-order valence-electron chi connectivity index (χ1n) is 7.76. The molecule has 106 valence electrons. The first-order chi connectivity index (χ1) is 9.90. The van der Waals surface area contributed by atoms with E-state index in [9.17, 15) is 0 Å². The van der Waals surface area contributed by atoms with Gasteiger partial charge in [0.15, 0.2) is 0 Å². The number of fused-ring (bicyclic) bond motifs is 1. The summed E-state index contributed by atoms with van der Waals surface area (Å²) in [5.41, 5.74) is 5.28. The number of unbranched alkanes of at least 4 members (excludes halogenated alkanes) is 3. The average Bonchev–Trinajstić information content (AvgIpc) is 3.11. The van der Waals surface area contributed by atoms with E-state index in [0.29, 0.717) is 0 Å². The number of hydrogen-bond acceptors (Lipinski definition) is 2. The minimum atomic E-state index is 1.05. The number of aryl methyl sites for hydroxylation is 1. The number of nitrogens with one attached hydrogen (secondary N) is 1. The Morgan fingerprint density at radius 3 is 3.10 bits per heavy atom. The van der Waals surface area contributed by atoms with Gasteiger partial charge in [-0.1, -0.05) is 44.4 Å². The molecule has 1 aromatic heterocycles. The molecule has 20 heavy (non-hydrogen) atoms. The quantitative estimate of drug-likeness (QED) is 0.800. The maximum Gasteiger partial charge on any atom is 0.0950 e. The molecule has 3 heteroatoms. The molecule has 0 saturated heterocycles. The number of imidazole rings is 1. The Hall–Kier alpha value is -1.77. The van der Waals surface area contributed by atoms with Crippen molar-refractivity contribution in [3.8, 4) is 11.3 Å². The number of hydrogen-bond donors (Lipinski definition) is 1. The van der Waals surface area contributed by atoms with Gasteiger partial charge in [-0.05, 0) is 18.4 Å². The molecule has 2 heterocycles. The molecule has 0 atom stereocenters. The lowest BCUT2D eigenvalue weighted by molar-refractivity contribution is 0.585. The molecule has 0 fully saturated rings. The van der Waals surface area contributed by atoms with E-state index >= 15 is 0 Å². The average molecular weight is 269 g/mol. The maximum atomic E-state index is 4.36. The van der Waals surface area contributed by atoms with Crippen LogP contribution in [0.5, 0.6) is 0 Å². The van der Waals surface area contributed by atoms with Crippen LogP contribution in [0.2, 0.25) is 0 Å². The molecule has 0 radical (unpaired) electrons. The molecule has 1 aromatic carbocycles. The van der Waals surface area contributed by atoms with Crippen molar-refractivity contribution in [2.24, 2.45) is 0 Å². The summed E-state index contributed by atoms with van der Waals surface area (Å²) in [5.74, 6) is 0. The minimum absolute atomic E-state index is 1.05. The zero-order chi connectivity index (χ0) is 13.8. The van der Waals surface area contributed by atoms with Crippen molar-refractivity contribution >= 4 is 5.69 Å². The molecule has 1 aliphatic rings. The topological polar surface area (TPSA) is 29.9 Å². The van der Waals surface area contributed by atoms with Crippen LogP contribution in [0.15, 0.2) is 30.7 Å². The number of para-hydroxylation sites is 1. The zero-order valence-electron chi connectivity index (χ0n) is 12.2. The van der Waals surface area contributed by atoms with Crippen LogP contribution in [-0.4, -0.2) is 16.1 Å². The molecule has 3 nitrogen and oxygen atoms in total. The van der Waals surface area contributed by atoms with Crippen molar-refractivity contribution in [3.63, 3.8) is 0 Å². The fraction of sp³-hybridized carbons (Fsp3) is 0.471. The summed E-state index contributed by atoms with van der Waals surface area (Å²) in [7, 11) is 0. The smallest absolute Gasteiger partial charge is 0.0950 e. The van der Waals surface area contributed by atoms with Gasteiger partial charge in [0.05, 0.1) is 18.2 Å². The molecule has 1 aliphatic heterocycles. The van der Waals surface area contributed by atoms with E-state index in [1.165, 1.54) is 48.2 Å². The van der Waals surface area contributed by atoms with Crippen molar-refractivity contribution in [2.45, 2.75) is 45.6 Å². The van der Waals surface area contributed by atoms with Gasteiger partial charge in [-0.25, -0.2) is 4.98 Å². The molecule has 0 spiro atoms. The van der Waals surface area contributed by atoms with Gasteiger partial charge in [0.2, 0.25) is 0 Å². The number of anilines is 1. The van der Waals surface area contributed by atoms with Crippen molar-refractivity contribution in [3.05, 3.63) is 36.3 Å². The SMILES string of the molecule is CCCCCCn1cncc1-c1cccc2c1NCC2. The van der Waals surface area contributed by atoms with Gasteiger partial charge in [0.1, 0.15) is 0 Å². The second-order valence-corrected chi connectivity index (χ2v) is 5.55. The van der Waals surface area contributed by atoms with Crippen molar-refractivity contribution in [2.75, 3.05) is 11.9 Å². The summed E-state index contributed by atoms with van der Waals surface area (Å²) in [6.07, 6.45) is 10.2. The third-order valence-corrected chi connectivity index (χ3v) is 4.09. The third kappa shape index (κ3) is 2.58. The lowest BCUT2D eigenvalue weighted by Crippen LogP contribution is -2.01. The zero-order valence-corrected chi connectivity index (χ0v) is 12.2. The Kier molecular flexibility index (Phi) is 4.05. The van der Waals surface area contributed by atoms with Gasteiger partial charge in [0, 0.05) is 24.3 Å². The maximum absolute atomic E-state index is 4.36. The van der Waals surface area contributed by atoms with Gasteiger partial charge < -0.3 is 9.88 Å². The summed E-state index contributed by atoms with van der Waals surface area (Å²) >= 11 is 0. The second kappa shape index (κ2) is 6.12. The van der Waals surface area contributed by atoms with Crippen LogP contribution in [0.4, 0.5) is 5.69 Å². The summed E-state index contributed by atoms with van der Waals surface area (Å²) in [5, 5.41) is 3.52. The molecule has 2 aromatic rings. The highest BCUT2D eigenvalue weighted by Crippen LogP contribution is 2.34. The fourth-order valence-electron chi connectivity index (χ4n) is 2.98. The lowest BCUT2D eigenvalue weighted by atomic mass is 10.1.